The Hall–Kier alpha value is -3.35. The predicted octanol–water partition coefficient (Wildman–Crippen LogP) is 2.93. The van der Waals surface area contributed by atoms with E-state index in [9.17, 15) is 0 Å². The van der Waals surface area contributed by atoms with Gasteiger partial charge in [-0.2, -0.15) is 5.10 Å². The van der Waals surface area contributed by atoms with Gasteiger partial charge in [0.2, 0.25) is 0 Å². The molecule has 0 saturated carbocycles. The standard InChI is InChI=1S/C22H28N6O/c1-4-29-21-10-8-18(9-11-21)14-27(3)22(23-2)25-13-19-6-5-7-20(12-19)15-28-17-24-16-26-28/h5-12,16-17H,4,13-15H2,1-3H3,(H,23,25). The Balaban J connectivity index is 1.55. The Kier molecular flexibility index (Phi) is 7.22. The van der Waals surface area contributed by atoms with Crippen molar-refractivity contribution in [2.75, 3.05) is 20.7 Å². The highest BCUT2D eigenvalue weighted by Gasteiger charge is 2.07. The van der Waals surface area contributed by atoms with Crippen LogP contribution in [0.1, 0.15) is 23.6 Å². The van der Waals surface area contributed by atoms with E-state index in [-0.39, 0.29) is 0 Å². The van der Waals surface area contributed by atoms with Gasteiger partial charge in [0.25, 0.3) is 0 Å². The smallest absolute Gasteiger partial charge is 0.193 e. The number of aromatic nitrogens is 3. The minimum atomic E-state index is 0.676. The van der Waals surface area contributed by atoms with Gasteiger partial charge < -0.3 is 15.0 Å². The summed E-state index contributed by atoms with van der Waals surface area (Å²) < 4.78 is 7.32. The molecule has 0 bridgehead atoms. The zero-order valence-electron chi connectivity index (χ0n) is 17.2. The van der Waals surface area contributed by atoms with Crippen LogP contribution >= 0.6 is 0 Å². The highest BCUT2D eigenvalue weighted by Crippen LogP contribution is 2.13. The van der Waals surface area contributed by atoms with Crippen molar-refractivity contribution in [2.24, 2.45) is 4.99 Å². The average Bonchev–Trinajstić information content (AvgIpc) is 3.23. The van der Waals surface area contributed by atoms with Gasteiger partial charge >= 0.3 is 0 Å². The van der Waals surface area contributed by atoms with Gasteiger partial charge in [-0.1, -0.05) is 36.4 Å². The number of hydrogen-bond acceptors (Lipinski definition) is 4. The molecule has 0 aliphatic rings. The van der Waals surface area contributed by atoms with E-state index in [1.165, 1.54) is 16.7 Å². The molecule has 0 unspecified atom stereocenters. The summed E-state index contributed by atoms with van der Waals surface area (Å²) in [5, 5.41) is 7.60. The lowest BCUT2D eigenvalue weighted by atomic mass is 10.1. The molecule has 3 aromatic rings. The van der Waals surface area contributed by atoms with E-state index in [1.54, 1.807) is 19.7 Å². The number of ether oxygens (including phenoxy) is 1. The van der Waals surface area contributed by atoms with E-state index in [0.29, 0.717) is 19.7 Å². The lowest BCUT2D eigenvalue weighted by Gasteiger charge is -2.22. The van der Waals surface area contributed by atoms with E-state index in [1.807, 2.05) is 30.8 Å². The monoisotopic (exact) mass is 392 g/mol. The van der Waals surface area contributed by atoms with Crippen LogP contribution in [0.2, 0.25) is 0 Å². The third-order valence-corrected chi connectivity index (χ3v) is 4.48. The Morgan fingerprint density at radius 2 is 1.93 bits per heavy atom. The van der Waals surface area contributed by atoms with Gasteiger partial charge in [0, 0.05) is 27.2 Å². The molecule has 1 aromatic heterocycles. The topological polar surface area (TPSA) is 67.6 Å². The molecule has 7 nitrogen and oxygen atoms in total. The van der Waals surface area contributed by atoms with Gasteiger partial charge in [-0.25, -0.2) is 9.67 Å². The van der Waals surface area contributed by atoms with Crippen molar-refractivity contribution < 1.29 is 4.74 Å². The Morgan fingerprint density at radius 3 is 2.62 bits per heavy atom. The first-order valence-electron chi connectivity index (χ1n) is 9.71. The normalized spacial score (nSPS) is 11.3. The van der Waals surface area contributed by atoms with Gasteiger partial charge in [-0.15, -0.1) is 0 Å². The van der Waals surface area contributed by atoms with Crippen LogP contribution in [0.15, 0.2) is 66.2 Å². The second-order valence-corrected chi connectivity index (χ2v) is 6.75. The molecular formula is C22H28N6O. The van der Waals surface area contributed by atoms with Crippen molar-refractivity contribution in [1.29, 1.82) is 0 Å². The Labute approximate surface area is 172 Å². The number of nitrogens with one attached hydrogen (secondary N) is 1. The summed E-state index contributed by atoms with van der Waals surface area (Å²) >= 11 is 0. The second-order valence-electron chi connectivity index (χ2n) is 6.75. The molecule has 2 aromatic carbocycles. The minimum Gasteiger partial charge on any atom is -0.494 e. The van der Waals surface area contributed by atoms with Crippen LogP contribution in [-0.4, -0.2) is 46.3 Å². The Morgan fingerprint density at radius 1 is 1.14 bits per heavy atom. The number of hydrogen-bond donors (Lipinski definition) is 1. The first kappa shape index (κ1) is 20.4. The first-order valence-corrected chi connectivity index (χ1v) is 9.71. The molecule has 0 aliphatic carbocycles. The fourth-order valence-electron chi connectivity index (χ4n) is 3.11. The van der Waals surface area contributed by atoms with Gasteiger partial charge in [-0.05, 0) is 35.7 Å². The quantitative estimate of drug-likeness (QED) is 0.472. The van der Waals surface area contributed by atoms with Crippen molar-refractivity contribution >= 4 is 5.96 Å². The molecule has 0 radical (unpaired) electrons. The van der Waals surface area contributed by atoms with Crippen LogP contribution in [0.4, 0.5) is 0 Å². The summed E-state index contributed by atoms with van der Waals surface area (Å²) in [4.78, 5) is 10.5. The van der Waals surface area contributed by atoms with Crippen molar-refractivity contribution in [2.45, 2.75) is 26.6 Å². The highest BCUT2D eigenvalue weighted by atomic mass is 16.5. The zero-order chi connectivity index (χ0) is 20.5. The van der Waals surface area contributed by atoms with Gasteiger partial charge in [0.05, 0.1) is 13.2 Å². The molecular weight excluding hydrogens is 364 g/mol. The van der Waals surface area contributed by atoms with Gasteiger partial charge in [0.1, 0.15) is 18.4 Å². The number of rotatable bonds is 8. The summed E-state index contributed by atoms with van der Waals surface area (Å²) in [6, 6.07) is 16.6. The molecule has 1 heterocycles. The second kappa shape index (κ2) is 10.3. The molecule has 29 heavy (non-hydrogen) atoms. The van der Waals surface area contributed by atoms with Crippen LogP contribution in [0, 0.1) is 0 Å². The fraction of sp³-hybridized carbons (Fsp3) is 0.318. The zero-order valence-corrected chi connectivity index (χ0v) is 17.2. The number of aliphatic imine (C=N–C) groups is 1. The highest BCUT2D eigenvalue weighted by molar-refractivity contribution is 5.79. The maximum Gasteiger partial charge on any atom is 0.193 e. The van der Waals surface area contributed by atoms with Gasteiger partial charge in [-0.3, -0.25) is 4.99 Å². The molecule has 0 fully saturated rings. The van der Waals surface area contributed by atoms with Crippen molar-refractivity contribution in [3.63, 3.8) is 0 Å². The summed E-state index contributed by atoms with van der Waals surface area (Å²) in [6.45, 7) is 4.83. The molecule has 152 valence electrons. The van der Waals surface area contributed by atoms with Gasteiger partial charge in [0.15, 0.2) is 5.96 Å². The lowest BCUT2D eigenvalue weighted by Crippen LogP contribution is -2.38. The van der Waals surface area contributed by atoms with Crippen LogP contribution in [0.3, 0.4) is 0 Å². The van der Waals surface area contributed by atoms with Crippen LogP contribution in [-0.2, 0) is 19.6 Å². The van der Waals surface area contributed by atoms with E-state index in [2.05, 4.69) is 61.7 Å². The van der Waals surface area contributed by atoms with Crippen LogP contribution < -0.4 is 10.1 Å². The SMILES string of the molecule is CCOc1ccc(CN(C)C(=NC)NCc2cccc(Cn3cncn3)c2)cc1. The molecule has 0 atom stereocenters. The average molecular weight is 393 g/mol. The van der Waals surface area contributed by atoms with Crippen molar-refractivity contribution in [1.82, 2.24) is 25.0 Å². The maximum atomic E-state index is 5.51. The maximum absolute atomic E-state index is 5.51. The molecule has 7 heteroatoms. The summed E-state index contributed by atoms with van der Waals surface area (Å²) in [5.74, 6) is 1.74. The number of nitrogens with zero attached hydrogens (tertiary/aromatic N) is 5. The van der Waals surface area contributed by atoms with E-state index in [4.69, 9.17) is 4.74 Å². The molecule has 0 saturated heterocycles. The molecule has 0 aliphatic heterocycles. The van der Waals surface area contributed by atoms with Crippen molar-refractivity contribution in [3.05, 3.63) is 77.9 Å². The molecule has 0 spiro atoms. The Bertz CT molecular complexity index is 905. The number of benzene rings is 2. The molecule has 1 N–H and O–H groups in total. The van der Waals surface area contributed by atoms with E-state index >= 15 is 0 Å². The third kappa shape index (κ3) is 6.07. The summed E-state index contributed by atoms with van der Waals surface area (Å²) in [7, 11) is 3.84. The fourth-order valence-corrected chi connectivity index (χ4v) is 3.11. The summed E-state index contributed by atoms with van der Waals surface area (Å²) in [6.07, 6.45) is 3.28. The number of guanidine groups is 1. The van der Waals surface area contributed by atoms with Crippen LogP contribution in [0.25, 0.3) is 0 Å². The van der Waals surface area contributed by atoms with E-state index < -0.39 is 0 Å². The van der Waals surface area contributed by atoms with Crippen molar-refractivity contribution in [3.8, 4) is 5.75 Å². The largest absolute Gasteiger partial charge is 0.494 e. The predicted molar refractivity (Wildman–Crippen MR) is 115 cm³/mol. The third-order valence-electron chi connectivity index (χ3n) is 4.48. The minimum absolute atomic E-state index is 0.676. The van der Waals surface area contributed by atoms with Crippen LogP contribution in [0.5, 0.6) is 5.75 Å². The first-order chi connectivity index (χ1) is 14.2. The lowest BCUT2D eigenvalue weighted by molar-refractivity contribution is 0.340. The molecule has 3 rings (SSSR count). The van der Waals surface area contributed by atoms with E-state index in [0.717, 1.165) is 18.3 Å². The molecule has 0 amide bonds. The summed E-state index contributed by atoms with van der Waals surface area (Å²) in [5.41, 5.74) is 3.58.